The zero-order valence-corrected chi connectivity index (χ0v) is 19.3. The van der Waals surface area contributed by atoms with E-state index in [2.05, 4.69) is 43.2 Å². The lowest BCUT2D eigenvalue weighted by atomic mass is 10.1. The molecule has 0 amide bonds. The number of benzene rings is 2. The van der Waals surface area contributed by atoms with Crippen LogP contribution in [0.4, 0.5) is 15.9 Å². The number of carbonyl (C=O) groups is 1. The van der Waals surface area contributed by atoms with E-state index >= 15 is 0 Å². The molecule has 0 atom stereocenters. The van der Waals surface area contributed by atoms with Crippen LogP contribution in [0.3, 0.4) is 0 Å². The molecule has 1 aromatic heterocycles. The van der Waals surface area contributed by atoms with E-state index in [0.717, 1.165) is 14.8 Å². The molecule has 0 saturated heterocycles. The Morgan fingerprint density at radius 1 is 1.32 bits per heavy atom. The van der Waals surface area contributed by atoms with Gasteiger partial charge in [-0.1, -0.05) is 4.48 Å². The second kappa shape index (κ2) is 10.4. The van der Waals surface area contributed by atoms with Crippen LogP contribution in [0.15, 0.2) is 30.3 Å². The predicted molar refractivity (Wildman–Crippen MR) is 124 cm³/mol. The van der Waals surface area contributed by atoms with Gasteiger partial charge in [0.15, 0.2) is 0 Å². The standard InChI is InChI=1S/C17H15FIN3O3.C4H9NO/c1-9-8-10(19)2-3-11(9)20-12-4-5-13-16(15(12)17(24)25)22(18)14(21-13)6-7-23;1-6-5-4-2-3-4/h2-5,8,20,23H,6-7H2,1H3,(H,24,25);4-5H,2-3H2,1H3. The molecule has 1 aliphatic rings. The Labute approximate surface area is 192 Å². The van der Waals surface area contributed by atoms with E-state index in [1.165, 1.54) is 12.8 Å². The molecule has 8 nitrogen and oxygen atoms in total. The van der Waals surface area contributed by atoms with Crippen LogP contribution in [0.25, 0.3) is 11.0 Å². The Bertz CT molecular complexity index is 1080. The van der Waals surface area contributed by atoms with Gasteiger partial charge >= 0.3 is 5.97 Å². The first-order valence-corrected chi connectivity index (χ1v) is 10.8. The molecule has 2 aromatic carbocycles. The van der Waals surface area contributed by atoms with E-state index in [1.54, 1.807) is 19.2 Å². The second-order valence-electron chi connectivity index (χ2n) is 7.12. The van der Waals surface area contributed by atoms with E-state index in [1.807, 2.05) is 25.1 Å². The molecule has 3 aromatic rings. The Morgan fingerprint density at radius 2 is 2.03 bits per heavy atom. The smallest absolute Gasteiger partial charge is 0.340 e. The van der Waals surface area contributed by atoms with Gasteiger partial charge in [0.1, 0.15) is 16.9 Å². The maximum Gasteiger partial charge on any atom is 0.340 e. The van der Waals surface area contributed by atoms with E-state index in [9.17, 15) is 14.4 Å². The Kier molecular flexibility index (Phi) is 7.81. The van der Waals surface area contributed by atoms with Crippen LogP contribution in [0.5, 0.6) is 0 Å². The number of hydroxylamine groups is 1. The number of aromatic carboxylic acids is 1. The number of carboxylic acid groups (broad SMARTS) is 1. The third kappa shape index (κ3) is 5.70. The maximum absolute atomic E-state index is 14.5. The zero-order valence-electron chi connectivity index (χ0n) is 17.2. The highest BCUT2D eigenvalue weighted by Gasteiger charge is 2.22. The van der Waals surface area contributed by atoms with E-state index in [4.69, 9.17) is 5.11 Å². The SMILES string of the molecule is CONC1CC1.Cc1cc(I)ccc1Nc1ccc2nc(CCO)n(F)c2c1C(=O)O. The third-order valence-corrected chi connectivity index (χ3v) is 5.37. The summed E-state index contributed by atoms with van der Waals surface area (Å²) in [6.07, 6.45) is 2.57. The number of fused-ring (bicyclic) bond motifs is 1. The zero-order chi connectivity index (χ0) is 22.5. The number of aliphatic hydroxyl groups excluding tert-OH is 1. The largest absolute Gasteiger partial charge is 0.478 e. The molecule has 0 radical (unpaired) electrons. The van der Waals surface area contributed by atoms with Gasteiger partial charge in [-0.3, -0.25) is 0 Å². The molecule has 1 saturated carbocycles. The minimum Gasteiger partial charge on any atom is -0.478 e. The van der Waals surface area contributed by atoms with Gasteiger partial charge in [-0.25, -0.2) is 9.78 Å². The topological polar surface area (TPSA) is 109 Å². The van der Waals surface area contributed by atoms with E-state index < -0.39 is 5.97 Å². The van der Waals surface area contributed by atoms with Crippen LogP contribution < -0.4 is 10.8 Å². The number of rotatable bonds is 7. The summed E-state index contributed by atoms with van der Waals surface area (Å²) in [7, 11) is 1.65. The van der Waals surface area contributed by atoms with Gasteiger partial charge in [0.05, 0.1) is 24.9 Å². The number of aromatic nitrogens is 2. The van der Waals surface area contributed by atoms with Gasteiger partial charge in [0, 0.05) is 21.7 Å². The van der Waals surface area contributed by atoms with Gasteiger partial charge in [0.25, 0.3) is 0 Å². The molecule has 4 N–H and O–H groups in total. The van der Waals surface area contributed by atoms with Crippen LogP contribution in [0.2, 0.25) is 0 Å². The lowest BCUT2D eigenvalue weighted by Crippen LogP contribution is -2.12. The molecule has 31 heavy (non-hydrogen) atoms. The maximum atomic E-state index is 14.5. The number of nitrogens with one attached hydrogen (secondary N) is 2. The quantitative estimate of drug-likeness (QED) is 0.265. The van der Waals surface area contributed by atoms with Crippen molar-refractivity contribution < 1.29 is 24.3 Å². The molecule has 0 aliphatic heterocycles. The highest BCUT2D eigenvalue weighted by atomic mass is 127. The fourth-order valence-corrected chi connectivity index (χ4v) is 3.68. The molecule has 1 aliphatic carbocycles. The summed E-state index contributed by atoms with van der Waals surface area (Å²) in [5, 5.41) is 21.7. The van der Waals surface area contributed by atoms with Gasteiger partial charge in [-0.05, 0) is 78.3 Å². The molecule has 1 fully saturated rings. The van der Waals surface area contributed by atoms with Gasteiger partial charge < -0.3 is 20.4 Å². The monoisotopic (exact) mass is 542 g/mol. The van der Waals surface area contributed by atoms with Crippen molar-refractivity contribution in [2.45, 2.75) is 32.2 Å². The van der Waals surface area contributed by atoms with Crippen LogP contribution >= 0.6 is 22.6 Å². The van der Waals surface area contributed by atoms with Gasteiger partial charge in [-0.2, -0.15) is 10.3 Å². The lowest BCUT2D eigenvalue weighted by molar-refractivity contribution is 0.0699. The molecule has 0 spiro atoms. The fraction of sp³-hybridized carbons (Fsp3) is 0.333. The minimum absolute atomic E-state index is 0.00321. The normalized spacial score (nSPS) is 13.1. The fourth-order valence-electron chi connectivity index (χ4n) is 3.04. The third-order valence-electron chi connectivity index (χ3n) is 4.70. The summed E-state index contributed by atoms with van der Waals surface area (Å²) in [5.74, 6) is -1.27. The van der Waals surface area contributed by atoms with Crippen LogP contribution in [0.1, 0.15) is 34.6 Å². The summed E-state index contributed by atoms with van der Waals surface area (Å²) in [5.41, 5.74) is 4.69. The molecular weight excluding hydrogens is 518 g/mol. The number of hydrogen-bond donors (Lipinski definition) is 4. The number of aliphatic hydroxyl groups is 1. The second-order valence-corrected chi connectivity index (χ2v) is 8.37. The Balaban J connectivity index is 0.000000391. The first-order valence-electron chi connectivity index (χ1n) is 9.72. The lowest BCUT2D eigenvalue weighted by Gasteiger charge is -2.13. The van der Waals surface area contributed by atoms with Crippen molar-refractivity contribution in [2.75, 3.05) is 19.0 Å². The molecule has 166 valence electrons. The predicted octanol–water partition coefficient (Wildman–Crippen LogP) is 3.96. The van der Waals surface area contributed by atoms with Crippen molar-refractivity contribution in [3.05, 3.63) is 50.9 Å². The number of aryl methyl sites for hydroxylation is 1. The Morgan fingerprint density at radius 3 is 2.58 bits per heavy atom. The van der Waals surface area contributed by atoms with Crippen molar-refractivity contribution in [2.24, 2.45) is 0 Å². The summed E-state index contributed by atoms with van der Waals surface area (Å²) < 4.78 is 15.6. The van der Waals surface area contributed by atoms with Crippen molar-refractivity contribution in [1.29, 1.82) is 0 Å². The van der Waals surface area contributed by atoms with Gasteiger partial charge in [0.2, 0.25) is 0 Å². The van der Waals surface area contributed by atoms with Gasteiger partial charge in [-0.15, -0.1) is 0 Å². The van der Waals surface area contributed by atoms with Crippen molar-refractivity contribution >= 4 is 51.0 Å². The van der Waals surface area contributed by atoms with Crippen molar-refractivity contribution in [1.82, 2.24) is 15.3 Å². The first kappa shape index (κ1) is 23.4. The number of anilines is 2. The van der Waals surface area contributed by atoms with E-state index in [0.29, 0.717) is 6.04 Å². The summed E-state index contributed by atoms with van der Waals surface area (Å²) in [4.78, 5) is 20.7. The summed E-state index contributed by atoms with van der Waals surface area (Å²) >= 11 is 2.19. The number of nitrogens with zero attached hydrogens (tertiary/aromatic N) is 2. The molecule has 1 heterocycles. The Hall–Kier alpha value is -2.28. The van der Waals surface area contributed by atoms with Crippen molar-refractivity contribution in [3.8, 4) is 0 Å². The molecule has 0 bridgehead atoms. The average molecular weight is 542 g/mol. The number of carboxylic acids is 1. The summed E-state index contributed by atoms with van der Waals surface area (Å²) in [6, 6.07) is 9.50. The molecule has 4 rings (SSSR count). The number of halogens is 2. The average Bonchev–Trinajstić information content (AvgIpc) is 3.49. The number of hydrogen-bond acceptors (Lipinski definition) is 6. The number of imidazole rings is 1. The molecular formula is C21H24FIN4O4. The molecule has 0 unspecified atom stereocenters. The van der Waals surface area contributed by atoms with Crippen LogP contribution in [-0.4, -0.2) is 45.7 Å². The first-order chi connectivity index (χ1) is 14.8. The van der Waals surface area contributed by atoms with Crippen molar-refractivity contribution in [3.63, 3.8) is 0 Å². The minimum atomic E-state index is -1.26. The summed E-state index contributed by atoms with van der Waals surface area (Å²) in [6.45, 7) is 1.63. The highest BCUT2D eigenvalue weighted by Crippen LogP contribution is 2.31. The molecule has 10 heteroatoms. The van der Waals surface area contributed by atoms with E-state index in [-0.39, 0.29) is 45.9 Å². The highest BCUT2D eigenvalue weighted by molar-refractivity contribution is 14.1. The van der Waals surface area contributed by atoms with Crippen LogP contribution in [-0.2, 0) is 11.3 Å². The van der Waals surface area contributed by atoms with Crippen LogP contribution in [0, 0.1) is 10.5 Å².